The van der Waals surface area contributed by atoms with Gasteiger partial charge in [0.15, 0.2) is 0 Å². The van der Waals surface area contributed by atoms with Crippen molar-refractivity contribution in [2.45, 2.75) is 25.8 Å². The molecule has 0 spiro atoms. The molecule has 2 N–H and O–H groups in total. The Balaban J connectivity index is 1.69. The van der Waals surface area contributed by atoms with Gasteiger partial charge in [-0.15, -0.1) is 0 Å². The number of carbonyl (C=O) groups is 1. The highest BCUT2D eigenvalue weighted by atomic mass is 16.2. The minimum atomic E-state index is 0.0878. The van der Waals surface area contributed by atoms with Crippen LogP contribution in [0.25, 0.3) is 0 Å². The van der Waals surface area contributed by atoms with Gasteiger partial charge < -0.3 is 10.6 Å². The normalized spacial score (nSPS) is 22.6. The summed E-state index contributed by atoms with van der Waals surface area (Å²) in [5.41, 5.74) is 0.987. The monoisotopic (exact) mass is 218 g/mol. The van der Waals surface area contributed by atoms with Crippen LogP contribution in [0, 0.1) is 5.92 Å². The molecule has 0 radical (unpaired) electrons. The molecule has 1 amide bonds. The van der Waals surface area contributed by atoms with Gasteiger partial charge in [0, 0.05) is 11.7 Å². The molecule has 16 heavy (non-hydrogen) atoms. The number of amides is 1. The molecule has 3 heteroatoms. The van der Waals surface area contributed by atoms with Crippen LogP contribution in [0.4, 0.5) is 5.69 Å². The van der Waals surface area contributed by atoms with Gasteiger partial charge in [-0.1, -0.05) is 31.5 Å². The van der Waals surface area contributed by atoms with Crippen molar-refractivity contribution in [3.63, 3.8) is 0 Å². The number of rotatable bonds is 5. The second kappa shape index (κ2) is 5.01. The standard InChI is InChI=1S/C13H18N2O/c1-2-10-8-12(10)15-13(16)9-14-11-6-4-3-5-7-11/h3-7,10,12,14H,2,8-9H2,1H3,(H,15,16). The predicted octanol–water partition coefficient (Wildman–Crippen LogP) is 2.01. The summed E-state index contributed by atoms with van der Waals surface area (Å²) in [6, 6.07) is 10.2. The van der Waals surface area contributed by atoms with Crippen LogP contribution in [-0.4, -0.2) is 18.5 Å². The highest BCUT2D eigenvalue weighted by molar-refractivity contribution is 5.81. The Morgan fingerprint density at radius 3 is 2.75 bits per heavy atom. The number of benzene rings is 1. The molecule has 2 rings (SSSR count). The smallest absolute Gasteiger partial charge is 0.239 e. The van der Waals surface area contributed by atoms with E-state index in [-0.39, 0.29) is 5.91 Å². The Morgan fingerprint density at radius 1 is 1.38 bits per heavy atom. The molecule has 2 unspecified atom stereocenters. The molecule has 3 nitrogen and oxygen atoms in total. The van der Waals surface area contributed by atoms with E-state index < -0.39 is 0 Å². The number of hydrogen-bond donors (Lipinski definition) is 2. The van der Waals surface area contributed by atoms with Crippen molar-refractivity contribution in [2.24, 2.45) is 5.92 Å². The Labute approximate surface area is 96.2 Å². The molecule has 86 valence electrons. The van der Waals surface area contributed by atoms with E-state index in [1.54, 1.807) is 0 Å². The second-order valence-electron chi connectivity index (χ2n) is 4.30. The van der Waals surface area contributed by atoms with Crippen LogP contribution in [-0.2, 0) is 4.79 Å². The fraction of sp³-hybridized carbons (Fsp3) is 0.462. The van der Waals surface area contributed by atoms with E-state index in [9.17, 15) is 4.79 Å². The minimum Gasteiger partial charge on any atom is -0.376 e. The van der Waals surface area contributed by atoms with Gasteiger partial charge in [0.25, 0.3) is 0 Å². The number of carbonyl (C=O) groups excluding carboxylic acids is 1. The van der Waals surface area contributed by atoms with E-state index in [0.29, 0.717) is 18.5 Å². The van der Waals surface area contributed by atoms with Crippen LogP contribution in [0.15, 0.2) is 30.3 Å². The quantitative estimate of drug-likeness (QED) is 0.793. The van der Waals surface area contributed by atoms with Gasteiger partial charge in [0.1, 0.15) is 0 Å². The molecule has 0 aromatic heterocycles. The van der Waals surface area contributed by atoms with Crippen molar-refractivity contribution >= 4 is 11.6 Å². The second-order valence-corrected chi connectivity index (χ2v) is 4.30. The summed E-state index contributed by atoms with van der Waals surface area (Å²) in [6.45, 7) is 2.52. The van der Waals surface area contributed by atoms with Gasteiger partial charge in [-0.25, -0.2) is 0 Å². The Bertz CT molecular complexity index is 350. The van der Waals surface area contributed by atoms with Crippen LogP contribution in [0.5, 0.6) is 0 Å². The highest BCUT2D eigenvalue weighted by Crippen LogP contribution is 2.32. The number of hydrogen-bond acceptors (Lipinski definition) is 2. The van der Waals surface area contributed by atoms with Crippen LogP contribution in [0.2, 0.25) is 0 Å². The lowest BCUT2D eigenvalue weighted by molar-refractivity contribution is -0.119. The lowest BCUT2D eigenvalue weighted by Crippen LogP contribution is -2.32. The number of anilines is 1. The first kappa shape index (κ1) is 11.0. The molecule has 0 aliphatic heterocycles. The zero-order chi connectivity index (χ0) is 11.4. The van der Waals surface area contributed by atoms with Crippen molar-refractivity contribution in [1.82, 2.24) is 5.32 Å². The maximum absolute atomic E-state index is 11.6. The summed E-state index contributed by atoms with van der Waals surface area (Å²) in [4.78, 5) is 11.6. The van der Waals surface area contributed by atoms with Gasteiger partial charge in [0.2, 0.25) is 5.91 Å². The Hall–Kier alpha value is -1.51. The van der Waals surface area contributed by atoms with Crippen LogP contribution in [0.1, 0.15) is 19.8 Å². The molecular formula is C13H18N2O. The Kier molecular flexibility index (Phi) is 3.44. The molecule has 1 aliphatic rings. The molecule has 0 saturated heterocycles. The fourth-order valence-corrected chi connectivity index (χ4v) is 1.87. The first-order chi connectivity index (χ1) is 7.79. The third-order valence-electron chi connectivity index (χ3n) is 3.02. The summed E-state index contributed by atoms with van der Waals surface area (Å²) in [6.07, 6.45) is 2.31. The molecule has 0 bridgehead atoms. The van der Waals surface area contributed by atoms with Crippen molar-refractivity contribution in [1.29, 1.82) is 0 Å². The van der Waals surface area contributed by atoms with Crippen molar-refractivity contribution in [2.75, 3.05) is 11.9 Å². The zero-order valence-corrected chi connectivity index (χ0v) is 9.57. The van der Waals surface area contributed by atoms with E-state index in [0.717, 1.165) is 18.5 Å². The number of para-hydroxylation sites is 1. The first-order valence-electron chi connectivity index (χ1n) is 5.88. The van der Waals surface area contributed by atoms with Gasteiger partial charge >= 0.3 is 0 Å². The van der Waals surface area contributed by atoms with Crippen molar-refractivity contribution < 1.29 is 4.79 Å². The topological polar surface area (TPSA) is 41.1 Å². The van der Waals surface area contributed by atoms with Gasteiger partial charge in [-0.2, -0.15) is 0 Å². The largest absolute Gasteiger partial charge is 0.376 e. The predicted molar refractivity (Wildman–Crippen MR) is 65.3 cm³/mol. The molecule has 1 saturated carbocycles. The molecule has 1 aromatic rings. The van der Waals surface area contributed by atoms with E-state index in [1.165, 1.54) is 0 Å². The highest BCUT2D eigenvalue weighted by Gasteiger charge is 2.36. The molecule has 2 atom stereocenters. The first-order valence-corrected chi connectivity index (χ1v) is 5.88. The third kappa shape index (κ3) is 2.99. The zero-order valence-electron chi connectivity index (χ0n) is 9.57. The summed E-state index contributed by atoms with van der Waals surface area (Å²) < 4.78 is 0. The van der Waals surface area contributed by atoms with Crippen LogP contribution >= 0.6 is 0 Å². The summed E-state index contributed by atoms with van der Waals surface area (Å²) >= 11 is 0. The van der Waals surface area contributed by atoms with Crippen molar-refractivity contribution in [3.8, 4) is 0 Å². The molecule has 1 aromatic carbocycles. The summed E-state index contributed by atoms with van der Waals surface area (Å²) in [7, 11) is 0. The van der Waals surface area contributed by atoms with Gasteiger partial charge in [0.05, 0.1) is 6.54 Å². The molecule has 1 fully saturated rings. The van der Waals surface area contributed by atoms with Gasteiger partial charge in [-0.05, 0) is 24.5 Å². The van der Waals surface area contributed by atoms with Crippen LogP contribution < -0.4 is 10.6 Å². The average Bonchev–Trinajstić information content (AvgIpc) is 3.06. The maximum Gasteiger partial charge on any atom is 0.239 e. The minimum absolute atomic E-state index is 0.0878. The summed E-state index contributed by atoms with van der Waals surface area (Å²) in [5, 5.41) is 6.12. The third-order valence-corrected chi connectivity index (χ3v) is 3.02. The fourth-order valence-electron chi connectivity index (χ4n) is 1.87. The van der Waals surface area contributed by atoms with E-state index in [4.69, 9.17) is 0 Å². The SMILES string of the molecule is CCC1CC1NC(=O)CNc1ccccc1. The average molecular weight is 218 g/mol. The Morgan fingerprint density at radius 2 is 2.12 bits per heavy atom. The maximum atomic E-state index is 11.6. The van der Waals surface area contributed by atoms with E-state index in [2.05, 4.69) is 17.6 Å². The van der Waals surface area contributed by atoms with Crippen LogP contribution in [0.3, 0.4) is 0 Å². The number of nitrogens with one attached hydrogen (secondary N) is 2. The van der Waals surface area contributed by atoms with E-state index >= 15 is 0 Å². The van der Waals surface area contributed by atoms with E-state index in [1.807, 2.05) is 30.3 Å². The molecule has 1 aliphatic carbocycles. The van der Waals surface area contributed by atoms with Gasteiger partial charge in [-0.3, -0.25) is 4.79 Å². The molecule has 0 heterocycles. The lowest BCUT2D eigenvalue weighted by Gasteiger charge is -2.07. The molecular weight excluding hydrogens is 200 g/mol. The lowest BCUT2D eigenvalue weighted by atomic mass is 10.3. The summed E-state index contributed by atoms with van der Waals surface area (Å²) in [5.74, 6) is 0.797. The van der Waals surface area contributed by atoms with Crippen molar-refractivity contribution in [3.05, 3.63) is 30.3 Å².